The maximum absolute atomic E-state index is 14.4. The first-order valence-corrected chi connectivity index (χ1v) is 11.9. The molecule has 0 radical (unpaired) electrons. The van der Waals surface area contributed by atoms with Crippen LogP contribution in [-0.4, -0.2) is 58.0 Å². The molecule has 3 atom stereocenters. The molecule has 0 aromatic heterocycles. The quantitative estimate of drug-likeness (QED) is 0.167. The van der Waals surface area contributed by atoms with Gasteiger partial charge in [0.2, 0.25) is 0 Å². The number of nitrogens with zero attached hydrogens (tertiary/aromatic N) is 1. The monoisotopic (exact) mass is 561 g/mol. The summed E-state index contributed by atoms with van der Waals surface area (Å²) in [5.41, 5.74) is -0.192. The second-order valence-corrected chi connectivity index (χ2v) is 9.73. The van der Waals surface area contributed by atoms with Crippen LogP contribution in [0, 0.1) is 0 Å². The molecule has 32 heavy (non-hydrogen) atoms. The molecule has 11 heteroatoms. The Balaban J connectivity index is 2.54. The molecule has 0 saturated heterocycles. The van der Waals surface area contributed by atoms with Crippen LogP contribution in [0.1, 0.15) is 39.0 Å². The SMILES string of the molecule is COC(=O)C1(Cl)CC(C(=O)OCCCCCBr)=C(C)N(C2(Cl)C=CC=CC2)C1C(F)(F)F. The highest BCUT2D eigenvalue weighted by Crippen LogP contribution is 2.51. The predicted molar refractivity (Wildman–Crippen MR) is 120 cm³/mol. The van der Waals surface area contributed by atoms with Gasteiger partial charge in [0.05, 0.1) is 19.3 Å². The van der Waals surface area contributed by atoms with Crippen molar-refractivity contribution >= 4 is 51.1 Å². The molecule has 0 N–H and O–H groups in total. The van der Waals surface area contributed by atoms with Crippen LogP contribution < -0.4 is 0 Å². The van der Waals surface area contributed by atoms with Crippen LogP contribution in [0.3, 0.4) is 0 Å². The van der Waals surface area contributed by atoms with Crippen molar-refractivity contribution in [3.05, 3.63) is 35.6 Å². The smallest absolute Gasteiger partial charge is 0.411 e. The van der Waals surface area contributed by atoms with Crippen molar-refractivity contribution in [3.8, 4) is 0 Å². The van der Waals surface area contributed by atoms with Crippen molar-refractivity contribution in [2.45, 2.75) is 61.1 Å². The Kier molecular flexibility index (Phi) is 9.15. The Bertz CT molecular complexity index is 817. The molecule has 0 aromatic carbocycles. The highest BCUT2D eigenvalue weighted by Gasteiger charge is 2.66. The Labute approximate surface area is 203 Å². The molecule has 3 unspecified atom stereocenters. The number of hydrogen-bond donors (Lipinski definition) is 0. The van der Waals surface area contributed by atoms with E-state index in [1.807, 2.05) is 0 Å². The zero-order valence-electron chi connectivity index (χ0n) is 17.7. The fraction of sp³-hybridized carbons (Fsp3) is 0.619. The normalized spacial score (nSPS) is 28.1. The van der Waals surface area contributed by atoms with Crippen LogP contribution in [0.2, 0.25) is 0 Å². The molecule has 0 spiro atoms. The van der Waals surface area contributed by atoms with Gasteiger partial charge in [-0.3, -0.25) is 4.79 Å². The lowest BCUT2D eigenvalue weighted by Crippen LogP contribution is -2.67. The Morgan fingerprint density at radius 2 is 1.94 bits per heavy atom. The van der Waals surface area contributed by atoms with Crippen LogP contribution >= 0.6 is 39.1 Å². The number of halogens is 6. The predicted octanol–water partition coefficient (Wildman–Crippen LogP) is 5.61. The lowest BCUT2D eigenvalue weighted by atomic mass is 9.82. The summed E-state index contributed by atoms with van der Waals surface area (Å²) >= 11 is 16.3. The number of hydrogen-bond acceptors (Lipinski definition) is 5. The van der Waals surface area contributed by atoms with E-state index in [0.29, 0.717) is 6.42 Å². The van der Waals surface area contributed by atoms with Crippen molar-refractivity contribution in [2.75, 3.05) is 19.0 Å². The summed E-state index contributed by atoms with van der Waals surface area (Å²) in [6.45, 7) is 1.44. The van der Waals surface area contributed by atoms with E-state index in [0.717, 1.165) is 30.2 Å². The average molecular weight is 563 g/mol. The summed E-state index contributed by atoms with van der Waals surface area (Å²) in [6, 6.07) is -2.53. The first-order valence-electron chi connectivity index (χ1n) is 10.0. The fourth-order valence-corrected chi connectivity index (χ4v) is 5.10. The molecule has 2 rings (SSSR count). The third-order valence-electron chi connectivity index (χ3n) is 5.42. The molecule has 2 aliphatic rings. The van der Waals surface area contributed by atoms with Gasteiger partial charge in [0, 0.05) is 23.9 Å². The van der Waals surface area contributed by atoms with Crippen molar-refractivity contribution in [1.29, 1.82) is 0 Å². The largest absolute Gasteiger partial charge is 0.468 e. The molecule has 0 fully saturated rings. The lowest BCUT2D eigenvalue weighted by molar-refractivity contribution is -0.204. The minimum Gasteiger partial charge on any atom is -0.468 e. The number of carbonyl (C=O) groups is 2. The van der Waals surface area contributed by atoms with E-state index < -0.39 is 40.4 Å². The van der Waals surface area contributed by atoms with Gasteiger partial charge in [0.25, 0.3) is 0 Å². The Morgan fingerprint density at radius 3 is 2.47 bits per heavy atom. The summed E-state index contributed by atoms with van der Waals surface area (Å²) in [6.07, 6.45) is 2.74. The first kappa shape index (κ1) is 27.1. The molecule has 5 nitrogen and oxygen atoms in total. The third-order valence-corrected chi connectivity index (χ3v) is 6.94. The van der Waals surface area contributed by atoms with E-state index in [9.17, 15) is 22.8 Å². The fourth-order valence-electron chi connectivity index (χ4n) is 3.88. The second kappa shape index (κ2) is 10.8. The molecule has 1 aliphatic carbocycles. The van der Waals surface area contributed by atoms with Crippen molar-refractivity contribution in [1.82, 2.24) is 4.90 Å². The summed E-state index contributed by atoms with van der Waals surface area (Å²) in [5.74, 6) is -2.14. The van der Waals surface area contributed by atoms with Gasteiger partial charge in [-0.1, -0.05) is 45.8 Å². The van der Waals surface area contributed by atoms with E-state index in [1.165, 1.54) is 19.1 Å². The van der Waals surface area contributed by atoms with Crippen LogP contribution in [0.4, 0.5) is 13.2 Å². The molecule has 0 aromatic rings. The molecule has 180 valence electrons. The molecule has 1 aliphatic heterocycles. The van der Waals surface area contributed by atoms with E-state index in [-0.39, 0.29) is 24.3 Å². The van der Waals surface area contributed by atoms with Crippen LogP contribution in [0.25, 0.3) is 0 Å². The van der Waals surface area contributed by atoms with E-state index in [4.69, 9.17) is 27.9 Å². The van der Waals surface area contributed by atoms with Gasteiger partial charge in [-0.05, 0) is 32.3 Å². The number of esters is 2. The van der Waals surface area contributed by atoms with Crippen LogP contribution in [-0.2, 0) is 19.1 Å². The van der Waals surface area contributed by atoms with Crippen LogP contribution in [0.5, 0.6) is 0 Å². The molecular weight excluding hydrogens is 538 g/mol. The van der Waals surface area contributed by atoms with Gasteiger partial charge in [-0.2, -0.15) is 13.2 Å². The van der Waals surface area contributed by atoms with Crippen molar-refractivity contribution in [2.24, 2.45) is 0 Å². The van der Waals surface area contributed by atoms with Gasteiger partial charge in [-0.25, -0.2) is 4.79 Å². The summed E-state index contributed by atoms with van der Waals surface area (Å²) in [7, 11) is 0.941. The Hall–Kier alpha value is -1.19. The zero-order valence-corrected chi connectivity index (χ0v) is 20.8. The standard InChI is InChI=1S/C21H25BrCl2F3NO4/c1-14-15(16(29)32-12-8-4-7-11-22)13-20(24,18(30)31-2)17(21(25,26)27)28(14)19(23)9-5-3-6-10-19/h3,5-6,9,17H,4,7-8,10-13H2,1-2H3. The highest BCUT2D eigenvalue weighted by atomic mass is 79.9. The number of alkyl halides is 6. The summed E-state index contributed by atoms with van der Waals surface area (Å²) in [4.78, 5) is 21.9. The van der Waals surface area contributed by atoms with Crippen molar-refractivity contribution in [3.63, 3.8) is 0 Å². The number of methoxy groups -OCH3 is 1. The zero-order chi connectivity index (χ0) is 24.2. The maximum Gasteiger partial charge on any atom is 0.411 e. The van der Waals surface area contributed by atoms with E-state index in [2.05, 4.69) is 20.7 Å². The molecule has 0 amide bonds. The van der Waals surface area contributed by atoms with E-state index >= 15 is 0 Å². The van der Waals surface area contributed by atoms with Crippen LogP contribution in [0.15, 0.2) is 35.6 Å². The van der Waals surface area contributed by atoms with Gasteiger partial charge in [0.15, 0.2) is 10.9 Å². The summed E-state index contributed by atoms with van der Waals surface area (Å²) < 4.78 is 53.0. The number of allylic oxidation sites excluding steroid dienone is 3. The van der Waals surface area contributed by atoms with Gasteiger partial charge < -0.3 is 14.4 Å². The maximum atomic E-state index is 14.4. The number of unbranched alkanes of at least 4 members (excludes halogenated alkanes) is 2. The minimum atomic E-state index is -4.96. The van der Waals surface area contributed by atoms with Gasteiger partial charge in [-0.15, -0.1) is 11.6 Å². The number of ether oxygens (including phenoxy) is 2. The van der Waals surface area contributed by atoms with Crippen molar-refractivity contribution < 1.29 is 32.2 Å². The topological polar surface area (TPSA) is 55.8 Å². The third kappa shape index (κ3) is 5.65. The molecule has 0 saturated carbocycles. The molecule has 0 bridgehead atoms. The average Bonchev–Trinajstić information content (AvgIpc) is 2.73. The van der Waals surface area contributed by atoms with Gasteiger partial charge in [0.1, 0.15) is 5.00 Å². The minimum absolute atomic E-state index is 0.00199. The highest BCUT2D eigenvalue weighted by molar-refractivity contribution is 9.09. The Morgan fingerprint density at radius 1 is 1.25 bits per heavy atom. The second-order valence-electron chi connectivity index (χ2n) is 7.60. The number of rotatable bonds is 8. The number of carbonyl (C=O) groups excluding carboxylic acids is 2. The summed E-state index contributed by atoms with van der Waals surface area (Å²) in [5, 5.41) is 0.812. The molecular formula is C21H25BrCl2F3NO4. The van der Waals surface area contributed by atoms with E-state index in [1.54, 1.807) is 12.2 Å². The first-order chi connectivity index (χ1) is 14.9. The lowest BCUT2D eigenvalue weighted by Gasteiger charge is -2.52. The molecule has 1 heterocycles. The van der Waals surface area contributed by atoms with Gasteiger partial charge >= 0.3 is 18.1 Å².